The molecular weight excluding hydrogens is 203 g/mol. The van der Waals surface area contributed by atoms with Crippen molar-refractivity contribution < 1.29 is 4.39 Å². The molecular formula is C13H13FN2. The van der Waals surface area contributed by atoms with E-state index in [2.05, 4.69) is 11.2 Å². The number of nitrogens with one attached hydrogen (secondary N) is 1. The molecule has 1 N–H and O–H groups in total. The molecule has 0 saturated heterocycles. The van der Waals surface area contributed by atoms with Gasteiger partial charge in [0.1, 0.15) is 5.82 Å². The molecule has 0 radical (unpaired) electrons. The number of nitrogens with zero attached hydrogens (tertiary/aromatic N) is 1. The summed E-state index contributed by atoms with van der Waals surface area (Å²) in [7, 11) is 0. The van der Waals surface area contributed by atoms with Gasteiger partial charge in [0.15, 0.2) is 0 Å². The molecule has 0 aliphatic rings. The molecule has 0 bridgehead atoms. The lowest BCUT2D eigenvalue weighted by Gasteiger charge is -2.11. The molecule has 0 heterocycles. The molecule has 2 nitrogen and oxygen atoms in total. The van der Waals surface area contributed by atoms with Crippen molar-refractivity contribution >= 4 is 0 Å². The Morgan fingerprint density at radius 3 is 2.94 bits per heavy atom. The monoisotopic (exact) mass is 216 g/mol. The minimum Gasteiger partial charge on any atom is -0.309 e. The molecule has 0 spiro atoms. The van der Waals surface area contributed by atoms with Crippen LogP contribution in [0.3, 0.4) is 0 Å². The minimum atomic E-state index is -0.306. The largest absolute Gasteiger partial charge is 0.309 e. The molecule has 16 heavy (non-hydrogen) atoms. The maximum atomic E-state index is 13.4. The normalized spacial score (nSPS) is 11.5. The maximum Gasteiger partial charge on any atom is 0.127 e. The van der Waals surface area contributed by atoms with Crippen LogP contribution in [0.4, 0.5) is 4.39 Å². The van der Waals surface area contributed by atoms with Gasteiger partial charge in [-0.1, -0.05) is 0 Å². The van der Waals surface area contributed by atoms with Crippen LogP contribution in [0.2, 0.25) is 0 Å². The third-order valence-electron chi connectivity index (χ3n) is 2.24. The van der Waals surface area contributed by atoms with E-state index in [0.29, 0.717) is 24.1 Å². The van der Waals surface area contributed by atoms with Crippen molar-refractivity contribution in [1.29, 1.82) is 5.26 Å². The van der Waals surface area contributed by atoms with Crippen molar-refractivity contribution in [2.75, 3.05) is 0 Å². The van der Waals surface area contributed by atoms with Crippen molar-refractivity contribution in [3.63, 3.8) is 0 Å². The van der Waals surface area contributed by atoms with Crippen LogP contribution < -0.4 is 5.32 Å². The van der Waals surface area contributed by atoms with Crippen LogP contribution in [0.1, 0.15) is 24.5 Å². The first-order valence-electron chi connectivity index (χ1n) is 5.02. The topological polar surface area (TPSA) is 35.8 Å². The summed E-state index contributed by atoms with van der Waals surface area (Å²) in [6.45, 7) is 2.32. The highest BCUT2D eigenvalue weighted by Crippen LogP contribution is 2.10. The Balaban J connectivity index is 2.67. The zero-order chi connectivity index (χ0) is 12.0. The summed E-state index contributed by atoms with van der Waals surface area (Å²) in [6.07, 6.45) is 5.76. The lowest BCUT2D eigenvalue weighted by molar-refractivity contribution is 0.535. The predicted octanol–water partition coefficient (Wildman–Crippen LogP) is 2.20. The van der Waals surface area contributed by atoms with Gasteiger partial charge in [-0.2, -0.15) is 5.26 Å². The van der Waals surface area contributed by atoms with E-state index in [-0.39, 0.29) is 11.9 Å². The summed E-state index contributed by atoms with van der Waals surface area (Å²) in [6, 6.07) is 6.43. The molecule has 1 aromatic carbocycles. The molecule has 82 valence electrons. The van der Waals surface area contributed by atoms with Crippen LogP contribution in [-0.2, 0) is 6.54 Å². The van der Waals surface area contributed by atoms with Crippen molar-refractivity contribution in [1.82, 2.24) is 5.32 Å². The molecule has 1 aromatic rings. The van der Waals surface area contributed by atoms with Crippen LogP contribution in [0.15, 0.2) is 18.2 Å². The molecule has 3 heteroatoms. The summed E-state index contributed by atoms with van der Waals surface area (Å²) in [5.41, 5.74) is 0.950. The lowest BCUT2D eigenvalue weighted by atomic mass is 10.1. The number of hydrogen-bond acceptors (Lipinski definition) is 2. The summed E-state index contributed by atoms with van der Waals surface area (Å²) >= 11 is 0. The van der Waals surface area contributed by atoms with Gasteiger partial charge >= 0.3 is 0 Å². The molecule has 1 rings (SSSR count). The Bertz CT molecular complexity index is 440. The van der Waals surface area contributed by atoms with E-state index in [9.17, 15) is 4.39 Å². The van der Waals surface area contributed by atoms with Gasteiger partial charge in [-0.3, -0.25) is 0 Å². The first-order valence-corrected chi connectivity index (χ1v) is 5.02. The second-order valence-electron chi connectivity index (χ2n) is 3.61. The summed E-state index contributed by atoms with van der Waals surface area (Å²) in [4.78, 5) is 0. The second kappa shape index (κ2) is 5.90. The summed E-state index contributed by atoms with van der Waals surface area (Å²) < 4.78 is 13.4. The van der Waals surface area contributed by atoms with E-state index in [1.54, 1.807) is 6.07 Å². The minimum absolute atomic E-state index is 0.134. The fourth-order valence-corrected chi connectivity index (χ4v) is 1.31. The van der Waals surface area contributed by atoms with Crippen molar-refractivity contribution in [3.05, 3.63) is 35.1 Å². The quantitative estimate of drug-likeness (QED) is 0.783. The molecule has 0 aliphatic carbocycles. The Kier molecular flexibility index (Phi) is 4.51. The Labute approximate surface area is 95.1 Å². The Morgan fingerprint density at radius 1 is 1.56 bits per heavy atom. The van der Waals surface area contributed by atoms with Gasteiger partial charge in [-0.25, -0.2) is 4.39 Å². The van der Waals surface area contributed by atoms with E-state index in [1.807, 2.05) is 13.0 Å². The third-order valence-corrected chi connectivity index (χ3v) is 2.24. The van der Waals surface area contributed by atoms with Gasteiger partial charge in [-0.05, 0) is 25.1 Å². The number of rotatable bonds is 4. The molecule has 1 atom stereocenters. The SMILES string of the molecule is C#CCC(C)NCc1cc(C#N)ccc1F. The standard InChI is InChI=1S/C13H13FN2/c1-3-4-10(2)16-9-12-7-11(8-15)5-6-13(12)14/h1,5-7,10,16H,4,9H2,2H3. The van der Waals surface area contributed by atoms with Crippen LogP contribution in [0, 0.1) is 29.5 Å². The van der Waals surface area contributed by atoms with Gasteiger partial charge in [0.2, 0.25) is 0 Å². The van der Waals surface area contributed by atoms with E-state index >= 15 is 0 Å². The first kappa shape index (κ1) is 12.2. The highest BCUT2D eigenvalue weighted by atomic mass is 19.1. The fraction of sp³-hybridized carbons (Fsp3) is 0.308. The summed E-state index contributed by atoms with van der Waals surface area (Å²) in [5, 5.41) is 11.8. The van der Waals surface area contributed by atoms with Crippen molar-refractivity contribution in [3.8, 4) is 18.4 Å². The fourth-order valence-electron chi connectivity index (χ4n) is 1.31. The number of halogens is 1. The number of terminal acetylenes is 1. The first-order chi connectivity index (χ1) is 7.67. The molecule has 0 aromatic heterocycles. The number of nitriles is 1. The zero-order valence-corrected chi connectivity index (χ0v) is 9.13. The molecule has 0 saturated carbocycles. The van der Waals surface area contributed by atoms with Gasteiger partial charge in [0, 0.05) is 24.6 Å². The van der Waals surface area contributed by atoms with E-state index in [1.165, 1.54) is 12.1 Å². The predicted molar refractivity (Wildman–Crippen MR) is 60.9 cm³/mol. The highest BCUT2D eigenvalue weighted by molar-refractivity contribution is 5.33. The maximum absolute atomic E-state index is 13.4. The van der Waals surface area contributed by atoms with Crippen LogP contribution >= 0.6 is 0 Å². The molecule has 0 amide bonds. The molecule has 0 fully saturated rings. The van der Waals surface area contributed by atoms with E-state index < -0.39 is 0 Å². The van der Waals surface area contributed by atoms with Crippen molar-refractivity contribution in [2.45, 2.75) is 25.9 Å². The van der Waals surface area contributed by atoms with E-state index in [0.717, 1.165) is 0 Å². The van der Waals surface area contributed by atoms with Gasteiger partial charge in [0.25, 0.3) is 0 Å². The number of hydrogen-bond donors (Lipinski definition) is 1. The van der Waals surface area contributed by atoms with Gasteiger partial charge in [0.05, 0.1) is 11.6 Å². The van der Waals surface area contributed by atoms with Crippen LogP contribution in [0.5, 0.6) is 0 Å². The van der Waals surface area contributed by atoms with Crippen LogP contribution in [-0.4, -0.2) is 6.04 Å². The van der Waals surface area contributed by atoms with E-state index in [4.69, 9.17) is 11.7 Å². The highest BCUT2D eigenvalue weighted by Gasteiger charge is 2.05. The lowest BCUT2D eigenvalue weighted by Crippen LogP contribution is -2.25. The zero-order valence-electron chi connectivity index (χ0n) is 9.13. The summed E-state index contributed by atoms with van der Waals surface area (Å²) in [5.74, 6) is 2.23. The Hall–Kier alpha value is -1.84. The van der Waals surface area contributed by atoms with Crippen molar-refractivity contribution in [2.24, 2.45) is 0 Å². The molecule has 0 aliphatic heterocycles. The third kappa shape index (κ3) is 3.38. The Morgan fingerprint density at radius 2 is 2.31 bits per heavy atom. The molecule has 1 unspecified atom stereocenters. The second-order valence-corrected chi connectivity index (χ2v) is 3.61. The average Bonchev–Trinajstić information content (AvgIpc) is 2.28. The van der Waals surface area contributed by atoms with Gasteiger partial charge in [-0.15, -0.1) is 12.3 Å². The average molecular weight is 216 g/mol. The number of benzene rings is 1. The van der Waals surface area contributed by atoms with Crippen LogP contribution in [0.25, 0.3) is 0 Å². The van der Waals surface area contributed by atoms with Gasteiger partial charge < -0.3 is 5.32 Å². The smallest absolute Gasteiger partial charge is 0.127 e.